The summed E-state index contributed by atoms with van der Waals surface area (Å²) in [6.07, 6.45) is -3.66. The molecule has 0 aromatic carbocycles. The number of halogens is 3. The number of methoxy groups -OCH3 is 3. The van der Waals surface area contributed by atoms with Crippen LogP contribution in [0.25, 0.3) is 0 Å². The molecule has 2 rings (SSSR count). The Bertz CT molecular complexity index is 1040. The van der Waals surface area contributed by atoms with Gasteiger partial charge in [-0.2, -0.15) is 31.6 Å². The second kappa shape index (κ2) is 13.6. The third-order valence-electron chi connectivity index (χ3n) is 2.95. The maximum atomic E-state index is 12.0. The van der Waals surface area contributed by atoms with Crippen molar-refractivity contribution in [1.29, 1.82) is 0 Å². The molecular formula is C15H15F3N5NaO7S. The van der Waals surface area contributed by atoms with Crippen LogP contribution in [0.5, 0.6) is 11.8 Å². The fourth-order valence-electron chi connectivity index (χ4n) is 1.66. The zero-order chi connectivity index (χ0) is 23.6. The van der Waals surface area contributed by atoms with Gasteiger partial charge in [-0.1, -0.05) is 4.36 Å². The molecule has 2 heterocycles. The average molecular weight is 489 g/mol. The monoisotopic (exact) mass is 489 g/mol. The van der Waals surface area contributed by atoms with Crippen LogP contribution < -0.4 is 14.8 Å². The minimum atomic E-state index is -4.49. The van der Waals surface area contributed by atoms with Gasteiger partial charge in [0, 0.05) is 6.20 Å². The Balaban J connectivity index is 0.000000592. The molecular weight excluding hydrogens is 474 g/mol. The number of rotatable bonds is 4. The molecule has 17 heteroatoms. The van der Waals surface area contributed by atoms with Crippen LogP contribution in [-0.2, 0) is 21.4 Å². The number of pyridine rings is 1. The van der Waals surface area contributed by atoms with Crippen LogP contribution in [0, 0.1) is 0 Å². The third-order valence-corrected chi connectivity index (χ3v) is 3.26. The molecule has 170 valence electrons. The molecule has 0 aliphatic carbocycles. The van der Waals surface area contributed by atoms with Crippen LogP contribution in [0.15, 0.2) is 28.8 Å². The average Bonchev–Trinajstić information content (AvgIpc) is 2.72. The van der Waals surface area contributed by atoms with Gasteiger partial charge in [0.1, 0.15) is 5.69 Å². The van der Waals surface area contributed by atoms with Gasteiger partial charge in [0.05, 0.1) is 33.0 Å². The molecule has 1 N–H and O–H groups in total. The summed E-state index contributed by atoms with van der Waals surface area (Å²) in [6.45, 7) is 0. The second-order valence-electron chi connectivity index (χ2n) is 4.94. The van der Waals surface area contributed by atoms with Gasteiger partial charge in [0.15, 0.2) is 0 Å². The summed E-state index contributed by atoms with van der Waals surface area (Å²) in [4.78, 5) is 32.4. The fraction of sp³-hybridized carbons (Fsp3) is 0.267. The van der Waals surface area contributed by atoms with E-state index in [1.165, 1.54) is 20.3 Å². The first-order valence-electron chi connectivity index (χ1n) is 7.70. The van der Waals surface area contributed by atoms with E-state index in [1.807, 2.05) is 5.32 Å². The molecule has 12 nitrogen and oxygen atoms in total. The van der Waals surface area contributed by atoms with Crippen molar-refractivity contribution in [2.24, 2.45) is 4.36 Å². The van der Waals surface area contributed by atoms with Gasteiger partial charge in [-0.15, -0.1) is 0 Å². The molecule has 0 unspecified atom stereocenters. The van der Waals surface area contributed by atoms with Gasteiger partial charge in [-0.3, -0.25) is 10.3 Å². The Labute approximate surface area is 202 Å². The first-order valence-corrected chi connectivity index (χ1v) is 8.74. The van der Waals surface area contributed by atoms with Crippen molar-refractivity contribution in [2.45, 2.75) is 6.18 Å². The summed E-state index contributed by atoms with van der Waals surface area (Å²) in [6, 6.07) is 2.01. The molecule has 0 aliphatic heterocycles. The van der Waals surface area contributed by atoms with Crippen molar-refractivity contribution in [2.75, 3.05) is 26.6 Å². The Morgan fingerprint density at radius 3 is 2.00 bits per heavy atom. The number of esters is 1. The van der Waals surface area contributed by atoms with E-state index in [1.54, 1.807) is 0 Å². The topological polar surface area (TPSA) is 159 Å². The quantitative estimate of drug-likeness (QED) is 0.490. The Hall–Kier alpha value is -2.82. The van der Waals surface area contributed by atoms with Crippen LogP contribution in [0.1, 0.15) is 16.1 Å². The van der Waals surface area contributed by atoms with E-state index in [2.05, 4.69) is 24.1 Å². The van der Waals surface area contributed by atoms with Crippen molar-refractivity contribution >= 4 is 58.0 Å². The Kier molecular flexibility index (Phi) is 12.4. The summed E-state index contributed by atoms with van der Waals surface area (Å²) in [5.74, 6) is -0.600. The summed E-state index contributed by atoms with van der Waals surface area (Å²) >= 11 is 0. The van der Waals surface area contributed by atoms with Gasteiger partial charge in [0.25, 0.3) is 0 Å². The number of urea groups is 1. The zero-order valence-electron chi connectivity index (χ0n) is 16.0. The molecule has 0 bridgehead atoms. The summed E-state index contributed by atoms with van der Waals surface area (Å²) in [7, 11) is 1.03. The van der Waals surface area contributed by atoms with Gasteiger partial charge >= 0.3 is 58.2 Å². The van der Waals surface area contributed by atoms with Crippen molar-refractivity contribution in [1.82, 2.24) is 15.0 Å². The van der Waals surface area contributed by atoms with Crippen molar-refractivity contribution in [3.8, 4) is 11.8 Å². The summed E-state index contributed by atoms with van der Waals surface area (Å²) in [5.41, 5.74) is -1.05. The van der Waals surface area contributed by atoms with Crippen LogP contribution in [0.3, 0.4) is 0 Å². The molecule has 0 atom stereocenters. The molecule has 0 aliphatic rings. The van der Waals surface area contributed by atoms with E-state index in [0.717, 1.165) is 25.4 Å². The minimum absolute atomic E-state index is 0. The number of carbonyl (C=O) groups is 2. The van der Waals surface area contributed by atoms with Gasteiger partial charge in [-0.25, -0.2) is 9.59 Å². The Morgan fingerprint density at radius 2 is 1.62 bits per heavy atom. The summed E-state index contributed by atoms with van der Waals surface area (Å²) in [5, 5.41) is 2.04. The first-order chi connectivity index (χ1) is 14.5. The maximum absolute atomic E-state index is 12.0. The zero-order valence-corrected chi connectivity index (χ0v) is 16.8. The number of nitrogens with one attached hydrogen (secondary N) is 1. The molecule has 0 spiro atoms. The SMILES string of the molecule is COC(=O)c1ccc(C(F)(F)F)nc1.COc1cc(OC)nc(NC(=O)N=S(=O)=O)n1.[NaH]. The van der Waals surface area contributed by atoms with Crippen LogP contribution in [0.2, 0.25) is 0 Å². The molecule has 32 heavy (non-hydrogen) atoms. The molecule has 2 aromatic heterocycles. The van der Waals surface area contributed by atoms with E-state index in [-0.39, 0.29) is 52.8 Å². The van der Waals surface area contributed by atoms with Crippen molar-refractivity contribution in [3.05, 3.63) is 35.7 Å². The number of hydrogen-bond acceptors (Lipinski definition) is 10. The van der Waals surface area contributed by atoms with E-state index >= 15 is 0 Å². The second-order valence-corrected chi connectivity index (χ2v) is 5.55. The molecule has 2 aromatic rings. The number of nitrogens with zero attached hydrogens (tertiary/aromatic N) is 4. The first kappa shape index (κ1) is 29.2. The number of hydrogen-bond donors (Lipinski definition) is 1. The van der Waals surface area contributed by atoms with E-state index in [9.17, 15) is 31.2 Å². The van der Waals surface area contributed by atoms with Crippen LogP contribution in [-0.4, -0.2) is 86.3 Å². The normalized spacial score (nSPS) is 9.81. The predicted octanol–water partition coefficient (Wildman–Crippen LogP) is 1.33. The number of aromatic nitrogens is 3. The van der Waals surface area contributed by atoms with Crippen molar-refractivity contribution in [3.63, 3.8) is 0 Å². The number of amides is 2. The van der Waals surface area contributed by atoms with Gasteiger partial charge in [-0.05, 0) is 12.1 Å². The summed E-state index contributed by atoms with van der Waals surface area (Å²) < 4.78 is 73.0. The van der Waals surface area contributed by atoms with E-state index < -0.39 is 34.4 Å². The van der Waals surface area contributed by atoms with Crippen LogP contribution in [0.4, 0.5) is 23.9 Å². The standard InChI is InChI=1S/C8H6F3NO2.C7H8N4O5S.Na.H/c1-14-7(13)5-2-3-6(12-4-5)8(9,10)11;1-15-4-3-5(16-2)9-6(8-4)10-7(12)11-17(13)14;;/h2-4H,1H3;3H,1-2H3,(H,8,9,10,12);;. The number of alkyl halides is 3. The molecule has 0 fully saturated rings. The number of anilines is 1. The Morgan fingerprint density at radius 1 is 1.06 bits per heavy atom. The van der Waals surface area contributed by atoms with E-state index in [0.29, 0.717) is 0 Å². The van der Waals surface area contributed by atoms with Crippen molar-refractivity contribution < 1.29 is 45.4 Å². The molecule has 0 radical (unpaired) electrons. The number of ether oxygens (including phenoxy) is 3. The molecule has 2 amide bonds. The fourth-order valence-corrected chi connectivity index (χ4v) is 1.84. The molecule has 0 saturated heterocycles. The number of carbonyl (C=O) groups excluding carboxylic acids is 2. The van der Waals surface area contributed by atoms with Gasteiger partial charge in [0.2, 0.25) is 17.7 Å². The third kappa shape index (κ3) is 9.99. The van der Waals surface area contributed by atoms with Crippen LogP contribution >= 0.6 is 0 Å². The van der Waals surface area contributed by atoms with E-state index in [4.69, 9.17) is 9.47 Å². The van der Waals surface area contributed by atoms with Gasteiger partial charge < -0.3 is 14.2 Å². The molecule has 0 saturated carbocycles. The predicted molar refractivity (Wildman–Crippen MR) is 103 cm³/mol.